The smallest absolute Gasteiger partial charge is 0.166 e. The normalized spacial score (nSPS) is 10.7. The summed E-state index contributed by atoms with van der Waals surface area (Å²) in [4.78, 5) is 0. The number of rotatable bonds is 3. The Morgan fingerprint density at radius 3 is 2.37 bits per heavy atom. The minimum atomic E-state index is -0.990. The van der Waals surface area contributed by atoms with E-state index in [0.717, 1.165) is 12.1 Å². The fraction of sp³-hybridized carbons (Fsp3) is 0.200. The second kappa shape index (κ2) is 5.34. The molecule has 2 aromatic carbocycles. The molecule has 1 nitrogen and oxygen atoms in total. The van der Waals surface area contributed by atoms with Crippen molar-refractivity contribution in [1.29, 1.82) is 0 Å². The van der Waals surface area contributed by atoms with E-state index >= 15 is 0 Å². The maximum Gasteiger partial charge on any atom is 0.166 e. The maximum atomic E-state index is 13.9. The summed E-state index contributed by atoms with van der Waals surface area (Å²) in [5.74, 6) is -3.27. The molecule has 0 amide bonds. The van der Waals surface area contributed by atoms with Crippen molar-refractivity contribution >= 4 is 0 Å². The van der Waals surface area contributed by atoms with Gasteiger partial charge in [0.05, 0.1) is 0 Å². The molecule has 0 aliphatic heterocycles. The van der Waals surface area contributed by atoms with Crippen LogP contribution in [-0.4, -0.2) is 5.11 Å². The average molecular weight is 266 g/mol. The van der Waals surface area contributed by atoms with Gasteiger partial charge in [-0.1, -0.05) is 31.5 Å². The molecular formula is C15H13F3O. The van der Waals surface area contributed by atoms with Crippen LogP contribution in [-0.2, 0) is 6.42 Å². The van der Waals surface area contributed by atoms with Crippen molar-refractivity contribution in [2.45, 2.75) is 19.8 Å². The number of phenolic OH excluding ortho intramolecular Hbond substituents is 1. The van der Waals surface area contributed by atoms with E-state index in [9.17, 15) is 13.2 Å². The molecule has 0 spiro atoms. The van der Waals surface area contributed by atoms with E-state index in [4.69, 9.17) is 5.11 Å². The molecule has 4 heteroatoms. The van der Waals surface area contributed by atoms with Crippen LogP contribution >= 0.6 is 0 Å². The summed E-state index contributed by atoms with van der Waals surface area (Å²) in [6.07, 6.45) is 1.16. The van der Waals surface area contributed by atoms with Crippen molar-refractivity contribution in [3.63, 3.8) is 0 Å². The van der Waals surface area contributed by atoms with Gasteiger partial charge in [0.15, 0.2) is 23.2 Å². The number of aromatic hydroxyl groups is 1. The van der Waals surface area contributed by atoms with Gasteiger partial charge in [0.1, 0.15) is 0 Å². The Hall–Kier alpha value is -1.97. The number of phenols is 1. The summed E-state index contributed by atoms with van der Waals surface area (Å²) in [5.41, 5.74) is 0.481. The third-order valence-corrected chi connectivity index (χ3v) is 2.94. The Labute approximate surface area is 109 Å². The SMILES string of the molecule is CCCc1ccc(-c2ccc(O)c(F)c2)c(F)c1F. The average Bonchev–Trinajstić information content (AvgIpc) is 2.39. The van der Waals surface area contributed by atoms with Gasteiger partial charge in [0, 0.05) is 5.56 Å². The molecule has 2 rings (SSSR count). The molecular weight excluding hydrogens is 253 g/mol. The monoisotopic (exact) mass is 266 g/mol. The van der Waals surface area contributed by atoms with Crippen molar-refractivity contribution in [3.05, 3.63) is 53.3 Å². The Kier molecular flexibility index (Phi) is 3.79. The van der Waals surface area contributed by atoms with Crippen LogP contribution in [0.15, 0.2) is 30.3 Å². The van der Waals surface area contributed by atoms with E-state index in [1.165, 1.54) is 18.2 Å². The molecule has 1 N–H and O–H groups in total. The first-order valence-electron chi connectivity index (χ1n) is 6.00. The predicted molar refractivity (Wildman–Crippen MR) is 67.4 cm³/mol. The molecule has 0 aliphatic rings. The zero-order chi connectivity index (χ0) is 14.0. The number of halogens is 3. The van der Waals surface area contributed by atoms with Crippen LogP contribution in [0, 0.1) is 17.5 Å². The Morgan fingerprint density at radius 1 is 1.00 bits per heavy atom. The molecule has 0 saturated carbocycles. The quantitative estimate of drug-likeness (QED) is 0.871. The molecule has 0 bridgehead atoms. The van der Waals surface area contributed by atoms with Crippen molar-refractivity contribution < 1.29 is 18.3 Å². The first-order valence-corrected chi connectivity index (χ1v) is 6.00. The minimum Gasteiger partial charge on any atom is -0.505 e. The van der Waals surface area contributed by atoms with Gasteiger partial charge < -0.3 is 5.11 Å². The van der Waals surface area contributed by atoms with Gasteiger partial charge in [-0.3, -0.25) is 0 Å². The standard InChI is InChI=1S/C15H13F3O/c1-2-3-9-4-6-11(15(18)14(9)17)10-5-7-13(19)12(16)8-10/h4-8,19H,2-3H2,1H3. The van der Waals surface area contributed by atoms with Crippen LogP contribution in [0.5, 0.6) is 5.75 Å². The van der Waals surface area contributed by atoms with Crippen LogP contribution in [0.25, 0.3) is 11.1 Å². The van der Waals surface area contributed by atoms with Gasteiger partial charge in [0.2, 0.25) is 0 Å². The maximum absolute atomic E-state index is 13.9. The molecule has 0 aliphatic carbocycles. The molecule has 0 fully saturated rings. The fourth-order valence-corrected chi connectivity index (χ4v) is 1.95. The molecule has 2 aromatic rings. The summed E-state index contributed by atoms with van der Waals surface area (Å²) in [6.45, 7) is 1.88. The lowest BCUT2D eigenvalue weighted by Gasteiger charge is -2.08. The third kappa shape index (κ3) is 2.57. The fourth-order valence-electron chi connectivity index (χ4n) is 1.95. The zero-order valence-corrected chi connectivity index (χ0v) is 10.4. The zero-order valence-electron chi connectivity index (χ0n) is 10.4. The lowest BCUT2D eigenvalue weighted by Crippen LogP contribution is -1.97. The van der Waals surface area contributed by atoms with Crippen molar-refractivity contribution in [2.75, 3.05) is 0 Å². The van der Waals surface area contributed by atoms with Crippen molar-refractivity contribution in [1.82, 2.24) is 0 Å². The van der Waals surface area contributed by atoms with Crippen molar-refractivity contribution in [3.8, 4) is 16.9 Å². The first-order chi connectivity index (χ1) is 9.04. The van der Waals surface area contributed by atoms with Gasteiger partial charge >= 0.3 is 0 Å². The first kappa shape index (κ1) is 13.5. The number of hydrogen-bond donors (Lipinski definition) is 1. The lowest BCUT2D eigenvalue weighted by atomic mass is 10.0. The lowest BCUT2D eigenvalue weighted by molar-refractivity contribution is 0.432. The number of hydrogen-bond acceptors (Lipinski definition) is 1. The second-order valence-corrected chi connectivity index (χ2v) is 4.32. The van der Waals surface area contributed by atoms with E-state index < -0.39 is 23.2 Å². The Balaban J connectivity index is 2.51. The van der Waals surface area contributed by atoms with E-state index in [0.29, 0.717) is 18.4 Å². The van der Waals surface area contributed by atoms with Gasteiger partial charge in [-0.05, 0) is 29.7 Å². The summed E-state index contributed by atoms with van der Waals surface area (Å²) in [6, 6.07) is 6.36. The van der Waals surface area contributed by atoms with Crippen LogP contribution in [0.2, 0.25) is 0 Å². The highest BCUT2D eigenvalue weighted by Crippen LogP contribution is 2.29. The highest BCUT2D eigenvalue weighted by Gasteiger charge is 2.15. The molecule has 19 heavy (non-hydrogen) atoms. The Bertz CT molecular complexity index is 609. The van der Waals surface area contributed by atoms with Crippen LogP contribution in [0.3, 0.4) is 0 Å². The van der Waals surface area contributed by atoms with Crippen LogP contribution in [0.1, 0.15) is 18.9 Å². The molecule has 0 unspecified atom stereocenters. The summed E-state index contributed by atoms with van der Waals surface area (Å²) < 4.78 is 41.0. The minimum absolute atomic E-state index is 0.0174. The molecule has 0 heterocycles. The highest BCUT2D eigenvalue weighted by atomic mass is 19.2. The molecule has 0 atom stereocenters. The van der Waals surface area contributed by atoms with Gasteiger partial charge in [-0.15, -0.1) is 0 Å². The van der Waals surface area contributed by atoms with E-state index in [1.807, 2.05) is 6.92 Å². The van der Waals surface area contributed by atoms with E-state index in [-0.39, 0.29) is 11.1 Å². The van der Waals surface area contributed by atoms with E-state index in [2.05, 4.69) is 0 Å². The summed E-state index contributed by atoms with van der Waals surface area (Å²) in [5, 5.41) is 9.09. The predicted octanol–water partition coefficient (Wildman–Crippen LogP) is 4.43. The molecule has 100 valence electrons. The number of benzene rings is 2. The van der Waals surface area contributed by atoms with Gasteiger partial charge in [-0.25, -0.2) is 13.2 Å². The molecule has 0 radical (unpaired) electrons. The van der Waals surface area contributed by atoms with Gasteiger partial charge in [-0.2, -0.15) is 0 Å². The second-order valence-electron chi connectivity index (χ2n) is 4.32. The summed E-state index contributed by atoms with van der Waals surface area (Å²) in [7, 11) is 0. The Morgan fingerprint density at radius 2 is 1.74 bits per heavy atom. The third-order valence-electron chi connectivity index (χ3n) is 2.94. The van der Waals surface area contributed by atoms with Gasteiger partial charge in [0.25, 0.3) is 0 Å². The molecule has 0 saturated heterocycles. The topological polar surface area (TPSA) is 20.2 Å². The van der Waals surface area contributed by atoms with E-state index in [1.54, 1.807) is 0 Å². The van der Waals surface area contributed by atoms with Crippen LogP contribution in [0.4, 0.5) is 13.2 Å². The highest BCUT2D eigenvalue weighted by molar-refractivity contribution is 5.65. The van der Waals surface area contributed by atoms with Crippen LogP contribution < -0.4 is 0 Å². The summed E-state index contributed by atoms with van der Waals surface area (Å²) >= 11 is 0. The number of aryl methyl sites for hydroxylation is 1. The largest absolute Gasteiger partial charge is 0.505 e. The van der Waals surface area contributed by atoms with Crippen molar-refractivity contribution in [2.24, 2.45) is 0 Å². The molecule has 0 aromatic heterocycles.